The quantitative estimate of drug-likeness (QED) is 0.719. The van der Waals surface area contributed by atoms with E-state index in [9.17, 15) is 0 Å². The molecule has 1 heterocycles. The lowest BCUT2D eigenvalue weighted by molar-refractivity contribution is 0.425. The first-order valence-corrected chi connectivity index (χ1v) is 7.63. The molecule has 0 unspecified atom stereocenters. The molecule has 1 N–H and O–H groups in total. The number of rotatable bonds is 5. The van der Waals surface area contributed by atoms with Crippen LogP contribution in [0, 0.1) is 0 Å². The molecule has 0 radical (unpaired) electrons. The van der Waals surface area contributed by atoms with E-state index in [2.05, 4.69) is 27.6 Å². The Hall–Kier alpha value is -2.27. The van der Waals surface area contributed by atoms with Crippen molar-refractivity contribution < 1.29 is 4.52 Å². The lowest BCUT2D eigenvalue weighted by atomic mass is 10.2. The Balaban J connectivity index is 1.74. The average molecular weight is 297 g/mol. The lowest BCUT2D eigenvalue weighted by Gasteiger charge is -2.03. The van der Waals surface area contributed by atoms with Crippen molar-refractivity contribution in [1.29, 1.82) is 0 Å². The molecule has 0 aliphatic rings. The maximum absolute atomic E-state index is 5.37. The predicted molar refractivity (Wildman–Crippen MR) is 85.3 cm³/mol. The molecule has 0 saturated heterocycles. The SMILES string of the molecule is CNc1ccccc1-c1nc(CSc2ccccc2)no1. The average Bonchev–Trinajstić information content (AvgIpc) is 3.02. The van der Waals surface area contributed by atoms with Crippen LogP contribution in [-0.2, 0) is 5.75 Å². The van der Waals surface area contributed by atoms with Crippen molar-refractivity contribution in [2.75, 3.05) is 12.4 Å². The molecule has 0 saturated carbocycles. The molecule has 0 amide bonds. The van der Waals surface area contributed by atoms with Crippen molar-refractivity contribution in [2.24, 2.45) is 0 Å². The van der Waals surface area contributed by atoms with Crippen molar-refractivity contribution in [3.63, 3.8) is 0 Å². The largest absolute Gasteiger partial charge is 0.387 e. The van der Waals surface area contributed by atoms with Crippen LogP contribution >= 0.6 is 11.8 Å². The van der Waals surface area contributed by atoms with Crippen LogP contribution < -0.4 is 5.32 Å². The Morgan fingerprint density at radius 3 is 2.62 bits per heavy atom. The third-order valence-electron chi connectivity index (χ3n) is 3.01. The van der Waals surface area contributed by atoms with Crippen LogP contribution in [0.2, 0.25) is 0 Å². The molecule has 3 aromatic rings. The number of nitrogens with one attached hydrogen (secondary N) is 1. The van der Waals surface area contributed by atoms with E-state index in [0.29, 0.717) is 17.5 Å². The highest BCUT2D eigenvalue weighted by Gasteiger charge is 2.12. The van der Waals surface area contributed by atoms with Crippen molar-refractivity contribution in [1.82, 2.24) is 10.1 Å². The van der Waals surface area contributed by atoms with Gasteiger partial charge < -0.3 is 9.84 Å². The van der Waals surface area contributed by atoms with Crippen LogP contribution in [0.5, 0.6) is 0 Å². The van der Waals surface area contributed by atoms with Crippen LogP contribution in [0.3, 0.4) is 0 Å². The zero-order valence-electron chi connectivity index (χ0n) is 11.6. The van der Waals surface area contributed by atoms with Gasteiger partial charge in [0.05, 0.1) is 11.3 Å². The normalized spacial score (nSPS) is 10.5. The maximum Gasteiger partial charge on any atom is 0.260 e. The molecule has 1 aromatic heterocycles. The Morgan fingerprint density at radius 2 is 1.81 bits per heavy atom. The van der Waals surface area contributed by atoms with Gasteiger partial charge in [-0.3, -0.25) is 0 Å². The minimum atomic E-state index is 0.545. The van der Waals surface area contributed by atoms with E-state index in [-0.39, 0.29) is 0 Å². The summed E-state index contributed by atoms with van der Waals surface area (Å²) in [5.41, 5.74) is 1.90. The van der Waals surface area contributed by atoms with Gasteiger partial charge >= 0.3 is 0 Å². The second-order valence-electron chi connectivity index (χ2n) is 4.41. The number of nitrogens with zero attached hydrogens (tertiary/aromatic N) is 2. The van der Waals surface area contributed by atoms with Crippen LogP contribution in [-0.4, -0.2) is 17.2 Å². The fourth-order valence-corrected chi connectivity index (χ4v) is 2.74. The summed E-state index contributed by atoms with van der Waals surface area (Å²) in [6, 6.07) is 18.1. The van der Waals surface area contributed by atoms with Crippen molar-refractivity contribution >= 4 is 17.4 Å². The number of aromatic nitrogens is 2. The Kier molecular flexibility index (Phi) is 4.21. The fourth-order valence-electron chi connectivity index (χ4n) is 1.97. The topological polar surface area (TPSA) is 51.0 Å². The number of benzene rings is 2. The molecule has 3 rings (SSSR count). The predicted octanol–water partition coefficient (Wildman–Crippen LogP) is 4.07. The van der Waals surface area contributed by atoms with E-state index in [4.69, 9.17) is 4.52 Å². The van der Waals surface area contributed by atoms with Gasteiger partial charge in [-0.15, -0.1) is 11.8 Å². The number of hydrogen-bond acceptors (Lipinski definition) is 5. The minimum Gasteiger partial charge on any atom is -0.387 e. The Labute approximate surface area is 127 Å². The monoisotopic (exact) mass is 297 g/mol. The number of para-hydroxylation sites is 1. The molecule has 106 valence electrons. The Morgan fingerprint density at radius 1 is 1.05 bits per heavy atom. The molecule has 0 fully saturated rings. The van der Waals surface area contributed by atoms with Gasteiger partial charge in [-0.1, -0.05) is 35.5 Å². The number of hydrogen-bond donors (Lipinski definition) is 1. The third-order valence-corrected chi connectivity index (χ3v) is 4.01. The Bertz CT molecular complexity index is 712. The van der Waals surface area contributed by atoms with E-state index in [1.54, 1.807) is 11.8 Å². The fraction of sp³-hybridized carbons (Fsp3) is 0.125. The standard InChI is InChI=1S/C16H15N3OS/c1-17-14-10-6-5-9-13(14)16-18-15(19-20-16)11-21-12-7-3-2-4-8-12/h2-10,17H,11H2,1H3. The van der Waals surface area contributed by atoms with Gasteiger partial charge in [0.1, 0.15) is 0 Å². The van der Waals surface area contributed by atoms with Gasteiger partial charge in [0.2, 0.25) is 0 Å². The second kappa shape index (κ2) is 6.45. The first-order valence-electron chi connectivity index (χ1n) is 6.64. The third kappa shape index (κ3) is 3.25. The molecule has 0 spiro atoms. The molecule has 0 aliphatic heterocycles. The van der Waals surface area contributed by atoms with Gasteiger partial charge in [-0.25, -0.2) is 0 Å². The van der Waals surface area contributed by atoms with Gasteiger partial charge in [0, 0.05) is 17.6 Å². The van der Waals surface area contributed by atoms with E-state index in [1.165, 1.54) is 4.90 Å². The number of thioether (sulfide) groups is 1. The summed E-state index contributed by atoms with van der Waals surface area (Å²) >= 11 is 1.69. The van der Waals surface area contributed by atoms with Gasteiger partial charge in [-0.2, -0.15) is 4.98 Å². The van der Waals surface area contributed by atoms with Crippen LogP contribution in [0.4, 0.5) is 5.69 Å². The van der Waals surface area contributed by atoms with E-state index in [0.717, 1.165) is 11.3 Å². The summed E-state index contributed by atoms with van der Waals surface area (Å²) in [4.78, 5) is 5.66. The van der Waals surface area contributed by atoms with Gasteiger partial charge in [0.15, 0.2) is 5.82 Å². The summed E-state index contributed by atoms with van der Waals surface area (Å²) < 4.78 is 5.37. The number of anilines is 1. The smallest absolute Gasteiger partial charge is 0.260 e. The van der Waals surface area contributed by atoms with Crippen molar-refractivity contribution in [3.05, 3.63) is 60.4 Å². The molecule has 5 heteroatoms. The van der Waals surface area contributed by atoms with Crippen LogP contribution in [0.1, 0.15) is 5.82 Å². The summed E-state index contributed by atoms with van der Waals surface area (Å²) in [5.74, 6) is 1.93. The van der Waals surface area contributed by atoms with Crippen molar-refractivity contribution in [2.45, 2.75) is 10.6 Å². The highest BCUT2D eigenvalue weighted by atomic mass is 32.2. The van der Waals surface area contributed by atoms with Crippen LogP contribution in [0.25, 0.3) is 11.5 Å². The van der Waals surface area contributed by atoms with Gasteiger partial charge in [0.25, 0.3) is 5.89 Å². The molecule has 0 bridgehead atoms. The lowest BCUT2D eigenvalue weighted by Crippen LogP contribution is -1.91. The highest BCUT2D eigenvalue weighted by molar-refractivity contribution is 7.98. The minimum absolute atomic E-state index is 0.545. The summed E-state index contributed by atoms with van der Waals surface area (Å²) in [6.45, 7) is 0. The molecule has 2 aromatic carbocycles. The first-order chi connectivity index (χ1) is 10.4. The second-order valence-corrected chi connectivity index (χ2v) is 5.46. The van der Waals surface area contributed by atoms with Crippen LogP contribution in [0.15, 0.2) is 64.0 Å². The molecular formula is C16H15N3OS. The molecule has 0 atom stereocenters. The molecule has 0 aliphatic carbocycles. The van der Waals surface area contributed by atoms with E-state index >= 15 is 0 Å². The first kappa shape index (κ1) is 13.7. The maximum atomic E-state index is 5.37. The molecule has 4 nitrogen and oxygen atoms in total. The zero-order valence-corrected chi connectivity index (χ0v) is 12.4. The van der Waals surface area contributed by atoms with E-state index < -0.39 is 0 Å². The van der Waals surface area contributed by atoms with Gasteiger partial charge in [-0.05, 0) is 24.3 Å². The van der Waals surface area contributed by atoms with Crippen molar-refractivity contribution in [3.8, 4) is 11.5 Å². The summed E-state index contributed by atoms with van der Waals surface area (Å²) in [7, 11) is 1.88. The highest BCUT2D eigenvalue weighted by Crippen LogP contribution is 2.27. The summed E-state index contributed by atoms with van der Waals surface area (Å²) in [5, 5.41) is 7.18. The molecular weight excluding hydrogens is 282 g/mol. The summed E-state index contributed by atoms with van der Waals surface area (Å²) in [6.07, 6.45) is 0. The van der Waals surface area contributed by atoms with E-state index in [1.807, 2.05) is 49.5 Å². The molecule has 21 heavy (non-hydrogen) atoms. The zero-order chi connectivity index (χ0) is 14.5.